The molecule has 2 aromatic heterocycles. The van der Waals surface area contributed by atoms with E-state index in [1.807, 2.05) is 14.0 Å². The van der Waals surface area contributed by atoms with Gasteiger partial charge in [0.2, 0.25) is 0 Å². The summed E-state index contributed by atoms with van der Waals surface area (Å²) in [4.78, 5) is 24.8. The zero-order valence-corrected chi connectivity index (χ0v) is 12.0. The predicted molar refractivity (Wildman–Crippen MR) is 74.9 cm³/mol. The Balaban J connectivity index is 1.84. The van der Waals surface area contributed by atoms with E-state index in [0.717, 1.165) is 28.8 Å². The lowest BCUT2D eigenvalue weighted by Crippen LogP contribution is -2.42. The number of hydrogen-bond acceptors (Lipinski definition) is 4. The third-order valence-electron chi connectivity index (χ3n) is 3.57. The Hall–Kier alpha value is -1.89. The lowest BCUT2D eigenvalue weighted by atomic mass is 10.2. The summed E-state index contributed by atoms with van der Waals surface area (Å²) in [7, 11) is 1.83. The number of aromatic nitrogens is 2. The van der Waals surface area contributed by atoms with E-state index >= 15 is 0 Å². The van der Waals surface area contributed by atoms with Crippen molar-refractivity contribution in [2.75, 3.05) is 0 Å². The first-order chi connectivity index (χ1) is 9.47. The Morgan fingerprint density at radius 2 is 2.25 bits per heavy atom. The van der Waals surface area contributed by atoms with Crippen molar-refractivity contribution in [1.29, 1.82) is 0 Å². The maximum absolute atomic E-state index is 12.2. The van der Waals surface area contributed by atoms with Crippen molar-refractivity contribution in [2.45, 2.75) is 25.8 Å². The molecule has 1 saturated carbocycles. The minimum atomic E-state index is -0.959. The van der Waals surface area contributed by atoms with E-state index in [-0.39, 0.29) is 11.8 Å². The lowest BCUT2D eigenvalue weighted by Gasteiger charge is -2.12. The van der Waals surface area contributed by atoms with Crippen LogP contribution in [0.25, 0.3) is 10.2 Å². The summed E-state index contributed by atoms with van der Waals surface area (Å²) in [6.07, 6.45) is 1.74. The molecule has 1 fully saturated rings. The molecule has 6 nitrogen and oxygen atoms in total. The molecule has 1 aliphatic rings. The highest BCUT2D eigenvalue weighted by atomic mass is 32.1. The van der Waals surface area contributed by atoms with E-state index in [1.54, 1.807) is 10.7 Å². The summed E-state index contributed by atoms with van der Waals surface area (Å²) < 4.78 is 1.74. The normalized spacial score (nSPS) is 16.3. The van der Waals surface area contributed by atoms with E-state index in [4.69, 9.17) is 5.11 Å². The molecule has 2 N–H and O–H groups in total. The Morgan fingerprint density at radius 3 is 2.80 bits per heavy atom. The first-order valence-corrected chi connectivity index (χ1v) is 7.26. The van der Waals surface area contributed by atoms with Crippen molar-refractivity contribution < 1.29 is 14.7 Å². The summed E-state index contributed by atoms with van der Waals surface area (Å²) in [5, 5.41) is 17.0. The smallest absolute Gasteiger partial charge is 0.326 e. The highest BCUT2D eigenvalue weighted by molar-refractivity contribution is 7.20. The summed E-state index contributed by atoms with van der Waals surface area (Å²) in [5.41, 5.74) is 0.870. The first-order valence-electron chi connectivity index (χ1n) is 6.44. The lowest BCUT2D eigenvalue weighted by molar-refractivity contribution is -0.139. The molecule has 3 rings (SSSR count). The zero-order valence-electron chi connectivity index (χ0n) is 11.2. The van der Waals surface area contributed by atoms with Gasteiger partial charge in [-0.15, -0.1) is 11.3 Å². The van der Waals surface area contributed by atoms with Crippen LogP contribution in [0.1, 0.15) is 28.2 Å². The second-order valence-corrected chi connectivity index (χ2v) is 6.20. The molecule has 0 spiro atoms. The van der Waals surface area contributed by atoms with Gasteiger partial charge < -0.3 is 10.4 Å². The van der Waals surface area contributed by atoms with E-state index < -0.39 is 12.0 Å². The molecule has 1 unspecified atom stereocenters. The number of rotatable bonds is 4. The number of carbonyl (C=O) groups excluding carboxylic acids is 1. The number of amides is 1. The average molecular weight is 293 g/mol. The summed E-state index contributed by atoms with van der Waals surface area (Å²) >= 11 is 1.33. The molecule has 0 aromatic carbocycles. The molecule has 2 aromatic rings. The van der Waals surface area contributed by atoms with Crippen molar-refractivity contribution in [3.05, 3.63) is 16.6 Å². The van der Waals surface area contributed by atoms with Crippen molar-refractivity contribution in [3.63, 3.8) is 0 Å². The molecule has 106 valence electrons. The zero-order chi connectivity index (χ0) is 14.4. The molecule has 0 aliphatic heterocycles. The first kappa shape index (κ1) is 13.1. The molecule has 0 bridgehead atoms. The molecular formula is C13H15N3O3S. The fourth-order valence-corrected chi connectivity index (χ4v) is 3.37. The maximum atomic E-state index is 12.2. The maximum Gasteiger partial charge on any atom is 0.326 e. The van der Waals surface area contributed by atoms with Gasteiger partial charge in [0.25, 0.3) is 5.91 Å². The van der Waals surface area contributed by atoms with Crippen LogP contribution in [0.5, 0.6) is 0 Å². The van der Waals surface area contributed by atoms with E-state index in [2.05, 4.69) is 10.4 Å². The van der Waals surface area contributed by atoms with Crippen molar-refractivity contribution in [3.8, 4) is 0 Å². The van der Waals surface area contributed by atoms with Crippen LogP contribution in [-0.4, -0.2) is 32.8 Å². The van der Waals surface area contributed by atoms with Crippen LogP contribution in [0.2, 0.25) is 0 Å². The minimum absolute atomic E-state index is 0.0780. The number of fused-ring (bicyclic) bond motifs is 1. The van der Waals surface area contributed by atoms with Gasteiger partial charge in [-0.1, -0.05) is 0 Å². The third kappa shape index (κ3) is 2.18. The molecule has 1 atom stereocenters. The van der Waals surface area contributed by atoms with E-state index in [9.17, 15) is 9.59 Å². The number of carboxylic acid groups (broad SMARTS) is 1. The van der Waals surface area contributed by atoms with E-state index in [0.29, 0.717) is 4.88 Å². The highest BCUT2D eigenvalue weighted by Crippen LogP contribution is 2.33. The second kappa shape index (κ2) is 4.59. The number of hydrogen-bond donors (Lipinski definition) is 2. The quantitative estimate of drug-likeness (QED) is 0.895. The van der Waals surface area contributed by atoms with Gasteiger partial charge in [0, 0.05) is 12.4 Å². The largest absolute Gasteiger partial charge is 0.480 e. The molecule has 0 radical (unpaired) electrons. The van der Waals surface area contributed by atoms with E-state index in [1.165, 1.54) is 11.3 Å². The monoisotopic (exact) mass is 293 g/mol. The van der Waals surface area contributed by atoms with Crippen LogP contribution in [-0.2, 0) is 11.8 Å². The Bertz CT molecular complexity index is 665. The standard InChI is InChI=1S/C13H15N3O3S/c1-6-8-5-9(20-12(8)16(2)15-6)11(17)14-10(13(18)19)7-3-4-7/h5,7,10H,3-4H2,1-2H3,(H,14,17)(H,18,19). The number of thiophene rings is 1. The summed E-state index contributed by atoms with van der Waals surface area (Å²) in [6.45, 7) is 1.89. The van der Waals surface area contributed by atoms with Gasteiger partial charge in [-0.05, 0) is 31.7 Å². The molecule has 2 heterocycles. The molecule has 1 amide bonds. The molecule has 20 heavy (non-hydrogen) atoms. The van der Waals surface area contributed by atoms with Crippen LogP contribution < -0.4 is 5.32 Å². The molecule has 0 saturated heterocycles. The van der Waals surface area contributed by atoms with Crippen LogP contribution in [0.4, 0.5) is 0 Å². The van der Waals surface area contributed by atoms with Crippen LogP contribution in [0, 0.1) is 12.8 Å². The summed E-state index contributed by atoms with van der Waals surface area (Å²) in [5.74, 6) is -1.20. The SMILES string of the molecule is Cc1nn(C)c2sc(C(=O)NC(C(=O)O)C3CC3)cc12. The van der Waals surface area contributed by atoms with Gasteiger partial charge in [0.1, 0.15) is 10.9 Å². The Kier molecular flexibility index (Phi) is 3.01. The minimum Gasteiger partial charge on any atom is -0.480 e. The highest BCUT2D eigenvalue weighted by Gasteiger charge is 2.37. The fourth-order valence-electron chi connectivity index (χ4n) is 2.34. The third-order valence-corrected chi connectivity index (χ3v) is 4.77. The van der Waals surface area contributed by atoms with Gasteiger partial charge in [-0.25, -0.2) is 4.79 Å². The van der Waals surface area contributed by atoms with Gasteiger partial charge in [-0.2, -0.15) is 5.10 Å². The second-order valence-electron chi connectivity index (χ2n) is 5.17. The number of aryl methyl sites for hydroxylation is 2. The number of aliphatic carboxylic acids is 1. The van der Waals surface area contributed by atoms with Gasteiger partial charge in [0.15, 0.2) is 0 Å². The van der Waals surface area contributed by atoms with Gasteiger partial charge in [0.05, 0.1) is 10.6 Å². The number of nitrogens with one attached hydrogen (secondary N) is 1. The Morgan fingerprint density at radius 1 is 1.55 bits per heavy atom. The number of carboxylic acids is 1. The molecular weight excluding hydrogens is 278 g/mol. The topological polar surface area (TPSA) is 84.2 Å². The van der Waals surface area contributed by atoms with Crippen molar-refractivity contribution >= 4 is 33.4 Å². The Labute approximate surface area is 119 Å². The predicted octanol–water partition coefficient (Wildman–Crippen LogP) is 1.54. The molecule has 1 aliphatic carbocycles. The number of carbonyl (C=O) groups is 2. The summed E-state index contributed by atoms with van der Waals surface area (Å²) in [6, 6.07) is 1.01. The number of nitrogens with zero attached hydrogens (tertiary/aromatic N) is 2. The van der Waals surface area contributed by atoms with Crippen LogP contribution in [0.3, 0.4) is 0 Å². The van der Waals surface area contributed by atoms with Crippen molar-refractivity contribution in [1.82, 2.24) is 15.1 Å². The van der Waals surface area contributed by atoms with Crippen LogP contribution in [0.15, 0.2) is 6.07 Å². The fraction of sp³-hybridized carbons (Fsp3) is 0.462. The molecule has 7 heteroatoms. The van der Waals surface area contributed by atoms with Crippen molar-refractivity contribution in [2.24, 2.45) is 13.0 Å². The van der Waals surface area contributed by atoms with Crippen LogP contribution >= 0.6 is 11.3 Å². The van der Waals surface area contributed by atoms with Gasteiger partial charge in [-0.3, -0.25) is 9.48 Å². The van der Waals surface area contributed by atoms with Gasteiger partial charge >= 0.3 is 5.97 Å². The average Bonchev–Trinajstić information content (AvgIpc) is 3.04.